The Labute approximate surface area is 95.6 Å². The highest BCUT2D eigenvalue weighted by atomic mass is 14.9. The second kappa shape index (κ2) is 4.39. The van der Waals surface area contributed by atoms with E-state index < -0.39 is 0 Å². The molecule has 0 bridgehead atoms. The summed E-state index contributed by atoms with van der Waals surface area (Å²) in [6, 6.07) is 3.86. The van der Waals surface area contributed by atoms with Crippen molar-refractivity contribution < 1.29 is 0 Å². The predicted octanol–water partition coefficient (Wildman–Crippen LogP) is 2.97. The standard InChI is InChI=1S/C13H15N3/c1-9(2)12-8-15-13(16-10(12)3)11-5-4-6-14-7-11/h4-9H,1-3H3. The van der Waals surface area contributed by atoms with Crippen LogP contribution in [0.4, 0.5) is 0 Å². The molecule has 2 rings (SSSR count). The van der Waals surface area contributed by atoms with Crippen LogP contribution < -0.4 is 0 Å². The maximum atomic E-state index is 4.51. The van der Waals surface area contributed by atoms with Crippen molar-refractivity contribution in [3.63, 3.8) is 0 Å². The van der Waals surface area contributed by atoms with Crippen LogP contribution in [0.5, 0.6) is 0 Å². The number of aryl methyl sites for hydroxylation is 1. The van der Waals surface area contributed by atoms with E-state index >= 15 is 0 Å². The second-order valence-corrected chi connectivity index (χ2v) is 4.13. The molecule has 0 saturated heterocycles. The van der Waals surface area contributed by atoms with Crippen LogP contribution in [0.2, 0.25) is 0 Å². The van der Waals surface area contributed by atoms with Gasteiger partial charge in [-0.15, -0.1) is 0 Å². The van der Waals surface area contributed by atoms with Gasteiger partial charge in [0.15, 0.2) is 5.82 Å². The summed E-state index contributed by atoms with van der Waals surface area (Å²) >= 11 is 0. The van der Waals surface area contributed by atoms with E-state index in [1.807, 2.05) is 25.3 Å². The van der Waals surface area contributed by atoms with E-state index in [1.165, 1.54) is 5.56 Å². The summed E-state index contributed by atoms with van der Waals surface area (Å²) in [6.45, 7) is 6.32. The molecule has 2 aromatic heterocycles. The minimum Gasteiger partial charge on any atom is -0.264 e. The molecule has 0 aromatic carbocycles. The topological polar surface area (TPSA) is 38.7 Å². The van der Waals surface area contributed by atoms with Gasteiger partial charge in [0.05, 0.1) is 0 Å². The number of pyridine rings is 1. The number of hydrogen-bond donors (Lipinski definition) is 0. The highest BCUT2D eigenvalue weighted by Gasteiger charge is 2.07. The van der Waals surface area contributed by atoms with Crippen molar-refractivity contribution in [2.24, 2.45) is 0 Å². The summed E-state index contributed by atoms with van der Waals surface area (Å²) in [7, 11) is 0. The Morgan fingerprint density at radius 3 is 2.56 bits per heavy atom. The van der Waals surface area contributed by atoms with E-state index in [1.54, 1.807) is 12.4 Å². The normalized spacial score (nSPS) is 10.8. The van der Waals surface area contributed by atoms with Crippen LogP contribution in [-0.4, -0.2) is 15.0 Å². The molecule has 0 unspecified atom stereocenters. The first kappa shape index (κ1) is 10.7. The van der Waals surface area contributed by atoms with Crippen LogP contribution in [-0.2, 0) is 0 Å². The van der Waals surface area contributed by atoms with Gasteiger partial charge in [-0.05, 0) is 30.5 Å². The fourth-order valence-corrected chi connectivity index (χ4v) is 1.68. The lowest BCUT2D eigenvalue weighted by atomic mass is 10.0. The van der Waals surface area contributed by atoms with Gasteiger partial charge >= 0.3 is 0 Å². The maximum absolute atomic E-state index is 4.51. The predicted molar refractivity (Wildman–Crippen MR) is 64.1 cm³/mol. The summed E-state index contributed by atoms with van der Waals surface area (Å²) in [5, 5.41) is 0. The largest absolute Gasteiger partial charge is 0.264 e. The zero-order chi connectivity index (χ0) is 11.5. The highest BCUT2D eigenvalue weighted by molar-refractivity contribution is 5.53. The molecule has 3 nitrogen and oxygen atoms in total. The maximum Gasteiger partial charge on any atom is 0.160 e. The van der Waals surface area contributed by atoms with Crippen molar-refractivity contribution in [2.45, 2.75) is 26.7 Å². The first-order chi connectivity index (χ1) is 7.68. The van der Waals surface area contributed by atoms with Crippen molar-refractivity contribution in [2.75, 3.05) is 0 Å². The van der Waals surface area contributed by atoms with Crippen molar-refractivity contribution in [1.82, 2.24) is 15.0 Å². The number of hydrogen-bond acceptors (Lipinski definition) is 3. The van der Waals surface area contributed by atoms with Gasteiger partial charge in [-0.25, -0.2) is 9.97 Å². The average molecular weight is 213 g/mol. The third kappa shape index (κ3) is 2.08. The zero-order valence-corrected chi connectivity index (χ0v) is 9.81. The lowest BCUT2D eigenvalue weighted by Gasteiger charge is -2.09. The van der Waals surface area contributed by atoms with Crippen molar-refractivity contribution >= 4 is 0 Å². The first-order valence-corrected chi connectivity index (χ1v) is 5.42. The Bertz CT molecular complexity index is 478. The Hall–Kier alpha value is -1.77. The van der Waals surface area contributed by atoms with E-state index in [0.717, 1.165) is 17.1 Å². The Morgan fingerprint density at radius 1 is 1.19 bits per heavy atom. The summed E-state index contributed by atoms with van der Waals surface area (Å²) in [5.74, 6) is 1.21. The lowest BCUT2D eigenvalue weighted by Crippen LogP contribution is -1.99. The Morgan fingerprint density at radius 2 is 2.00 bits per heavy atom. The molecular weight excluding hydrogens is 198 g/mol. The van der Waals surface area contributed by atoms with Crippen LogP contribution in [0.25, 0.3) is 11.4 Å². The van der Waals surface area contributed by atoms with Crippen LogP contribution in [0.3, 0.4) is 0 Å². The van der Waals surface area contributed by atoms with Gasteiger partial charge < -0.3 is 0 Å². The minimum absolute atomic E-state index is 0.461. The smallest absolute Gasteiger partial charge is 0.160 e. The van der Waals surface area contributed by atoms with Crippen molar-refractivity contribution in [1.29, 1.82) is 0 Å². The Balaban J connectivity index is 2.43. The number of rotatable bonds is 2. The number of nitrogens with zero attached hydrogens (tertiary/aromatic N) is 3. The molecule has 16 heavy (non-hydrogen) atoms. The summed E-state index contributed by atoms with van der Waals surface area (Å²) in [6.07, 6.45) is 5.44. The molecule has 82 valence electrons. The van der Waals surface area contributed by atoms with Crippen LogP contribution in [0, 0.1) is 6.92 Å². The zero-order valence-electron chi connectivity index (χ0n) is 9.81. The first-order valence-electron chi connectivity index (χ1n) is 5.42. The number of aromatic nitrogens is 3. The summed E-state index contributed by atoms with van der Waals surface area (Å²) in [4.78, 5) is 13.0. The third-order valence-electron chi connectivity index (χ3n) is 2.56. The molecule has 2 heterocycles. The van der Waals surface area contributed by atoms with Gasteiger partial charge in [0.25, 0.3) is 0 Å². The average Bonchev–Trinajstić information content (AvgIpc) is 2.29. The summed E-state index contributed by atoms with van der Waals surface area (Å²) < 4.78 is 0. The van der Waals surface area contributed by atoms with Gasteiger partial charge in [0.2, 0.25) is 0 Å². The molecular formula is C13H15N3. The SMILES string of the molecule is Cc1nc(-c2cccnc2)ncc1C(C)C. The molecule has 0 aliphatic carbocycles. The molecule has 0 amide bonds. The van der Waals surface area contributed by atoms with E-state index in [2.05, 4.69) is 28.8 Å². The van der Waals surface area contributed by atoms with Gasteiger partial charge in [-0.1, -0.05) is 13.8 Å². The molecule has 0 spiro atoms. The van der Waals surface area contributed by atoms with E-state index in [4.69, 9.17) is 0 Å². The molecule has 3 heteroatoms. The summed E-state index contributed by atoms with van der Waals surface area (Å²) in [5.41, 5.74) is 3.21. The van der Waals surface area contributed by atoms with Gasteiger partial charge in [0.1, 0.15) is 0 Å². The second-order valence-electron chi connectivity index (χ2n) is 4.13. The quantitative estimate of drug-likeness (QED) is 0.769. The minimum atomic E-state index is 0.461. The molecule has 0 aliphatic heterocycles. The Kier molecular flexibility index (Phi) is 2.95. The molecule has 0 fully saturated rings. The van der Waals surface area contributed by atoms with Crippen molar-refractivity contribution in [3.8, 4) is 11.4 Å². The van der Waals surface area contributed by atoms with Crippen LogP contribution >= 0.6 is 0 Å². The van der Waals surface area contributed by atoms with Gasteiger partial charge in [0, 0.05) is 29.8 Å². The molecule has 2 aromatic rings. The van der Waals surface area contributed by atoms with E-state index in [-0.39, 0.29) is 0 Å². The molecule has 0 atom stereocenters. The van der Waals surface area contributed by atoms with E-state index in [0.29, 0.717) is 5.92 Å². The molecule has 0 radical (unpaired) electrons. The van der Waals surface area contributed by atoms with Gasteiger partial charge in [-0.3, -0.25) is 4.98 Å². The fraction of sp³-hybridized carbons (Fsp3) is 0.308. The fourth-order valence-electron chi connectivity index (χ4n) is 1.68. The molecule has 0 aliphatic rings. The lowest BCUT2D eigenvalue weighted by molar-refractivity contribution is 0.830. The van der Waals surface area contributed by atoms with Gasteiger partial charge in [-0.2, -0.15) is 0 Å². The molecule has 0 saturated carbocycles. The highest BCUT2D eigenvalue weighted by Crippen LogP contribution is 2.19. The van der Waals surface area contributed by atoms with E-state index in [9.17, 15) is 0 Å². The van der Waals surface area contributed by atoms with Crippen molar-refractivity contribution in [3.05, 3.63) is 42.0 Å². The monoisotopic (exact) mass is 213 g/mol. The van der Waals surface area contributed by atoms with Crippen LogP contribution in [0.15, 0.2) is 30.7 Å². The van der Waals surface area contributed by atoms with Crippen LogP contribution in [0.1, 0.15) is 31.0 Å². The third-order valence-corrected chi connectivity index (χ3v) is 2.56. The molecule has 0 N–H and O–H groups in total.